The van der Waals surface area contributed by atoms with Gasteiger partial charge in [-0.15, -0.1) is 4.76 Å². The zero-order valence-corrected chi connectivity index (χ0v) is 14.0. The van der Waals surface area contributed by atoms with E-state index >= 15 is 0 Å². The van der Waals surface area contributed by atoms with Crippen LogP contribution in [-0.4, -0.2) is 18.4 Å². The van der Waals surface area contributed by atoms with Crippen molar-refractivity contribution in [3.8, 4) is 0 Å². The average molecular weight is 295 g/mol. The zero-order chi connectivity index (χ0) is 13.7. The molecule has 0 amide bonds. The fourth-order valence-electron chi connectivity index (χ4n) is 0.695. The molecule has 0 atom stereocenters. The second kappa shape index (κ2) is 6.51. The van der Waals surface area contributed by atoms with Gasteiger partial charge in [0.1, 0.15) is 0 Å². The highest BCUT2D eigenvalue weighted by Crippen LogP contribution is 2.51. The van der Waals surface area contributed by atoms with Gasteiger partial charge in [-0.3, -0.25) is 0 Å². The summed E-state index contributed by atoms with van der Waals surface area (Å²) in [4.78, 5) is 0. The molecule has 0 aromatic rings. The summed E-state index contributed by atoms with van der Waals surface area (Å²) in [6.45, 7) is 10.7. The third kappa shape index (κ3) is 10.0. The number of rotatable bonds is 5. The first kappa shape index (κ1) is 17.4. The quantitative estimate of drug-likeness (QED) is 0.426. The molecular formula is C11H22NO2PS2. The lowest BCUT2D eigenvalue weighted by atomic mass is 9.99. The Morgan fingerprint density at radius 1 is 1.00 bits per heavy atom. The predicted octanol–water partition coefficient (Wildman–Crippen LogP) is 4.44. The number of hydrogen-bond acceptors (Lipinski definition) is 4. The maximum atomic E-state index is 5.64. The second-order valence-electron chi connectivity index (χ2n) is 6.33. The molecule has 0 heterocycles. The van der Waals surface area contributed by atoms with Crippen LogP contribution in [0.5, 0.6) is 0 Å². The van der Waals surface area contributed by atoms with Gasteiger partial charge in [-0.2, -0.15) is 0 Å². The van der Waals surface area contributed by atoms with Gasteiger partial charge < -0.3 is 9.05 Å². The fraction of sp³-hybridized carbons (Fsp3) is 0.909. The van der Waals surface area contributed by atoms with Crippen LogP contribution in [0.25, 0.3) is 0 Å². The van der Waals surface area contributed by atoms with E-state index in [0.717, 1.165) is 0 Å². The van der Waals surface area contributed by atoms with E-state index in [1.807, 2.05) is 0 Å². The van der Waals surface area contributed by atoms with Gasteiger partial charge in [0.05, 0.1) is 18.4 Å². The SMILES string of the molecule is CC(C)(C)COP(=S)(N=C=S)OCC(C)(C)C. The van der Waals surface area contributed by atoms with Crippen LogP contribution in [0.2, 0.25) is 0 Å². The van der Waals surface area contributed by atoms with Gasteiger partial charge in [-0.05, 0) is 34.9 Å². The normalized spacial score (nSPS) is 13.3. The van der Waals surface area contributed by atoms with E-state index < -0.39 is 6.64 Å². The molecule has 0 aliphatic carbocycles. The van der Waals surface area contributed by atoms with Crippen molar-refractivity contribution in [3.63, 3.8) is 0 Å². The maximum Gasteiger partial charge on any atom is 0.317 e. The van der Waals surface area contributed by atoms with Crippen molar-refractivity contribution in [2.45, 2.75) is 41.5 Å². The second-order valence-corrected chi connectivity index (χ2v) is 9.55. The summed E-state index contributed by atoms with van der Waals surface area (Å²) in [6.07, 6.45) is 0. The van der Waals surface area contributed by atoms with Crippen molar-refractivity contribution in [3.05, 3.63) is 0 Å². The number of thiocarbonyl (C=S) groups is 1. The summed E-state index contributed by atoms with van der Waals surface area (Å²) in [7, 11) is 0. The maximum absolute atomic E-state index is 5.64. The first-order valence-electron chi connectivity index (χ1n) is 5.46. The van der Waals surface area contributed by atoms with Gasteiger partial charge in [0.25, 0.3) is 0 Å². The molecule has 0 saturated carbocycles. The van der Waals surface area contributed by atoms with Crippen molar-refractivity contribution in [2.75, 3.05) is 13.2 Å². The highest BCUT2D eigenvalue weighted by Gasteiger charge is 2.24. The fourth-order valence-corrected chi connectivity index (χ4v) is 3.00. The van der Waals surface area contributed by atoms with Crippen molar-refractivity contribution < 1.29 is 9.05 Å². The molecule has 6 heteroatoms. The minimum atomic E-state index is -2.67. The molecule has 0 spiro atoms. The molecule has 3 nitrogen and oxygen atoms in total. The van der Waals surface area contributed by atoms with Crippen molar-refractivity contribution in [1.82, 2.24) is 0 Å². The molecule has 0 bridgehead atoms. The Hall–Kier alpha value is 0.370. The Balaban J connectivity index is 4.59. The third-order valence-electron chi connectivity index (χ3n) is 1.48. The van der Waals surface area contributed by atoms with Gasteiger partial charge in [-0.1, -0.05) is 41.5 Å². The molecule has 0 aliphatic heterocycles. The summed E-state index contributed by atoms with van der Waals surface area (Å²) in [5, 5.41) is 2.28. The van der Waals surface area contributed by atoms with Crippen LogP contribution in [-0.2, 0) is 20.9 Å². The minimum Gasteiger partial charge on any atom is -0.312 e. The molecule has 0 rings (SSSR count). The van der Waals surface area contributed by atoms with Gasteiger partial charge >= 0.3 is 6.64 Å². The Labute approximate surface area is 115 Å². The van der Waals surface area contributed by atoms with E-state index in [9.17, 15) is 0 Å². The summed E-state index contributed by atoms with van der Waals surface area (Å²) in [5.41, 5.74) is 0.0399. The Kier molecular flexibility index (Phi) is 6.65. The van der Waals surface area contributed by atoms with E-state index in [1.54, 1.807) is 0 Å². The standard InChI is InChI=1S/C11H22NO2PS2/c1-10(2,3)7-13-15(17,12-9-16)14-8-11(4,5)6/h7-8H2,1-6H3. The van der Waals surface area contributed by atoms with Crippen LogP contribution in [0.4, 0.5) is 0 Å². The lowest BCUT2D eigenvalue weighted by Crippen LogP contribution is -2.17. The lowest BCUT2D eigenvalue weighted by Gasteiger charge is -2.26. The van der Waals surface area contributed by atoms with Crippen LogP contribution < -0.4 is 0 Å². The average Bonchev–Trinajstić information content (AvgIpc) is 2.11. The van der Waals surface area contributed by atoms with Crippen LogP contribution in [0.1, 0.15) is 41.5 Å². The van der Waals surface area contributed by atoms with Crippen LogP contribution >= 0.6 is 18.9 Å². The highest BCUT2D eigenvalue weighted by molar-refractivity contribution is 8.09. The molecule has 0 radical (unpaired) electrons. The smallest absolute Gasteiger partial charge is 0.312 e. The van der Waals surface area contributed by atoms with Gasteiger partial charge in [0.2, 0.25) is 0 Å². The van der Waals surface area contributed by atoms with Gasteiger partial charge in [-0.25, -0.2) is 0 Å². The van der Waals surface area contributed by atoms with E-state index in [-0.39, 0.29) is 10.8 Å². The molecule has 0 unspecified atom stereocenters. The van der Waals surface area contributed by atoms with E-state index in [1.165, 1.54) is 0 Å². The monoisotopic (exact) mass is 295 g/mol. The largest absolute Gasteiger partial charge is 0.317 e. The number of hydrogen-bond donors (Lipinski definition) is 0. The topological polar surface area (TPSA) is 30.8 Å². The van der Waals surface area contributed by atoms with Crippen molar-refractivity contribution in [1.29, 1.82) is 0 Å². The number of nitrogens with zero attached hydrogens (tertiary/aromatic N) is 1. The van der Waals surface area contributed by atoms with Gasteiger partial charge in [0, 0.05) is 0 Å². The van der Waals surface area contributed by atoms with Crippen LogP contribution in [0.3, 0.4) is 0 Å². The zero-order valence-electron chi connectivity index (χ0n) is 11.4. The van der Waals surface area contributed by atoms with E-state index in [0.29, 0.717) is 13.2 Å². The van der Waals surface area contributed by atoms with Crippen molar-refractivity contribution in [2.24, 2.45) is 15.6 Å². The van der Waals surface area contributed by atoms with E-state index in [4.69, 9.17) is 20.9 Å². The molecule has 0 saturated heterocycles. The summed E-state index contributed by atoms with van der Waals surface area (Å²) in [6, 6.07) is 0. The first-order chi connectivity index (χ1) is 7.47. The molecule has 0 aromatic carbocycles. The summed E-state index contributed by atoms with van der Waals surface area (Å²) < 4.78 is 15.2. The summed E-state index contributed by atoms with van der Waals surface area (Å²) >= 11 is 9.91. The Bertz CT molecular complexity index is 316. The predicted molar refractivity (Wildman–Crippen MR) is 80.1 cm³/mol. The Morgan fingerprint density at radius 3 is 1.59 bits per heavy atom. The van der Waals surface area contributed by atoms with E-state index in [2.05, 4.69) is 63.7 Å². The highest BCUT2D eigenvalue weighted by atomic mass is 32.5. The third-order valence-corrected chi connectivity index (χ3v) is 3.84. The number of isothiocyanates is 1. The molecule has 100 valence electrons. The lowest BCUT2D eigenvalue weighted by molar-refractivity contribution is 0.148. The first-order valence-corrected chi connectivity index (χ1v) is 8.46. The molecule has 0 aliphatic rings. The van der Waals surface area contributed by atoms with Crippen LogP contribution in [0.15, 0.2) is 4.76 Å². The minimum absolute atomic E-state index is 0.0200. The van der Waals surface area contributed by atoms with Crippen LogP contribution in [0, 0.1) is 10.8 Å². The Morgan fingerprint density at radius 2 is 1.35 bits per heavy atom. The van der Waals surface area contributed by atoms with Gasteiger partial charge in [0.15, 0.2) is 0 Å². The molecule has 17 heavy (non-hydrogen) atoms. The molecule has 0 fully saturated rings. The summed E-state index contributed by atoms with van der Waals surface area (Å²) in [5.74, 6) is 0. The van der Waals surface area contributed by atoms with Crippen molar-refractivity contribution >= 4 is 35.8 Å². The molecular weight excluding hydrogens is 273 g/mol. The molecule has 0 aromatic heterocycles. The molecule has 0 N–H and O–H groups in total.